The first kappa shape index (κ1) is 16.3. The number of thiophene rings is 1. The van der Waals surface area contributed by atoms with Gasteiger partial charge in [0.05, 0.1) is 16.3 Å². The van der Waals surface area contributed by atoms with E-state index in [-0.39, 0.29) is 0 Å². The standard InChI is InChI=1S/C18H24BN3S/c1-6-13(7-2)14-9-11(4)21-22-16(12(5)20-18(14)22)17-10(3)8-15(19)23-17/h8-9,13H,6-7,19H2,1-5H3. The molecule has 0 spiro atoms. The molecule has 0 N–H and O–H groups in total. The van der Waals surface area contributed by atoms with E-state index in [2.05, 4.69) is 59.1 Å². The molecule has 5 heteroatoms. The van der Waals surface area contributed by atoms with Crippen molar-refractivity contribution in [3.05, 3.63) is 34.6 Å². The second kappa shape index (κ2) is 6.12. The Morgan fingerprint density at radius 3 is 2.43 bits per heavy atom. The summed E-state index contributed by atoms with van der Waals surface area (Å²) in [4.78, 5) is 6.20. The second-order valence-electron chi connectivity index (χ2n) is 6.40. The van der Waals surface area contributed by atoms with Gasteiger partial charge in [0.1, 0.15) is 5.69 Å². The molecule has 0 radical (unpaired) electrons. The quantitative estimate of drug-likeness (QED) is 0.687. The van der Waals surface area contributed by atoms with Crippen LogP contribution in [0.25, 0.3) is 16.2 Å². The number of rotatable bonds is 4. The van der Waals surface area contributed by atoms with Gasteiger partial charge in [0, 0.05) is 5.56 Å². The molecule has 3 aromatic heterocycles. The maximum atomic E-state index is 4.90. The van der Waals surface area contributed by atoms with Crippen molar-refractivity contribution >= 4 is 29.6 Å². The van der Waals surface area contributed by atoms with Crippen LogP contribution in [-0.4, -0.2) is 22.4 Å². The van der Waals surface area contributed by atoms with Crippen molar-refractivity contribution in [1.82, 2.24) is 14.6 Å². The van der Waals surface area contributed by atoms with Crippen LogP contribution < -0.4 is 4.78 Å². The average molecular weight is 325 g/mol. The molecule has 0 fully saturated rings. The molecule has 3 rings (SSSR count). The number of hydrogen-bond donors (Lipinski definition) is 0. The topological polar surface area (TPSA) is 30.2 Å². The Kier molecular flexibility index (Phi) is 4.32. The van der Waals surface area contributed by atoms with Gasteiger partial charge in [0.25, 0.3) is 0 Å². The Bertz CT molecular complexity index is 859. The van der Waals surface area contributed by atoms with Gasteiger partial charge in [-0.15, -0.1) is 11.3 Å². The molecule has 3 nitrogen and oxygen atoms in total. The monoisotopic (exact) mass is 325 g/mol. The van der Waals surface area contributed by atoms with E-state index in [1.807, 2.05) is 11.3 Å². The second-order valence-corrected chi connectivity index (χ2v) is 7.66. The van der Waals surface area contributed by atoms with Gasteiger partial charge in [-0.25, -0.2) is 9.50 Å². The van der Waals surface area contributed by atoms with E-state index in [4.69, 9.17) is 10.1 Å². The van der Waals surface area contributed by atoms with Crippen LogP contribution in [0.1, 0.15) is 55.1 Å². The third kappa shape index (κ3) is 2.71. The normalized spacial score (nSPS) is 11.7. The summed E-state index contributed by atoms with van der Waals surface area (Å²) in [5, 5.41) is 4.80. The Balaban J connectivity index is 2.33. The smallest absolute Gasteiger partial charge is 0.158 e. The summed E-state index contributed by atoms with van der Waals surface area (Å²) in [5.74, 6) is 0.542. The van der Waals surface area contributed by atoms with Gasteiger partial charge < -0.3 is 0 Å². The molecular weight excluding hydrogens is 301 g/mol. The lowest BCUT2D eigenvalue weighted by atomic mass is 9.95. The van der Waals surface area contributed by atoms with Gasteiger partial charge in [0.2, 0.25) is 0 Å². The van der Waals surface area contributed by atoms with Crippen LogP contribution in [-0.2, 0) is 0 Å². The highest BCUT2D eigenvalue weighted by atomic mass is 32.1. The zero-order valence-electron chi connectivity index (χ0n) is 14.9. The fourth-order valence-corrected chi connectivity index (χ4v) is 4.55. The zero-order chi connectivity index (χ0) is 16.7. The van der Waals surface area contributed by atoms with Crippen LogP contribution in [0.2, 0.25) is 0 Å². The molecule has 23 heavy (non-hydrogen) atoms. The fraction of sp³-hybridized carbons (Fsp3) is 0.444. The summed E-state index contributed by atoms with van der Waals surface area (Å²) in [6.07, 6.45) is 2.27. The Morgan fingerprint density at radius 1 is 1.17 bits per heavy atom. The van der Waals surface area contributed by atoms with Crippen molar-refractivity contribution in [2.45, 2.75) is 53.4 Å². The number of hydrogen-bond acceptors (Lipinski definition) is 3. The Labute approximate surface area is 143 Å². The number of fused-ring (bicyclic) bond motifs is 1. The predicted octanol–water partition coefficient (Wildman–Crippen LogP) is 3.55. The largest absolute Gasteiger partial charge is 0.231 e. The van der Waals surface area contributed by atoms with Crippen molar-refractivity contribution in [2.24, 2.45) is 0 Å². The molecule has 0 atom stereocenters. The SMILES string of the molecule is Bc1cc(C)c(-c2c(C)nc3c(C(CC)CC)cc(C)nn23)s1. The highest BCUT2D eigenvalue weighted by Gasteiger charge is 2.21. The van der Waals surface area contributed by atoms with E-state index in [0.717, 1.165) is 35.6 Å². The molecule has 0 unspecified atom stereocenters. The maximum absolute atomic E-state index is 4.90. The summed E-state index contributed by atoms with van der Waals surface area (Å²) >= 11 is 1.83. The molecule has 0 aliphatic carbocycles. The predicted molar refractivity (Wildman–Crippen MR) is 102 cm³/mol. The van der Waals surface area contributed by atoms with E-state index in [1.165, 1.54) is 20.8 Å². The van der Waals surface area contributed by atoms with Gasteiger partial charge in [0.15, 0.2) is 13.5 Å². The highest BCUT2D eigenvalue weighted by molar-refractivity contribution is 7.23. The summed E-state index contributed by atoms with van der Waals surface area (Å²) < 4.78 is 3.41. The zero-order valence-corrected chi connectivity index (χ0v) is 15.7. The molecule has 0 aromatic carbocycles. The van der Waals surface area contributed by atoms with Crippen LogP contribution in [0.4, 0.5) is 0 Å². The summed E-state index contributed by atoms with van der Waals surface area (Å²) in [6.45, 7) is 10.9. The van der Waals surface area contributed by atoms with Gasteiger partial charge >= 0.3 is 0 Å². The molecule has 0 aliphatic rings. The van der Waals surface area contributed by atoms with Gasteiger partial charge in [-0.05, 0) is 55.9 Å². The lowest BCUT2D eigenvalue weighted by molar-refractivity contribution is 0.638. The van der Waals surface area contributed by atoms with Crippen LogP contribution in [0.3, 0.4) is 0 Å². The number of imidazole rings is 1. The third-order valence-corrected chi connectivity index (χ3v) is 5.75. The van der Waals surface area contributed by atoms with E-state index in [9.17, 15) is 0 Å². The van der Waals surface area contributed by atoms with E-state index >= 15 is 0 Å². The average Bonchev–Trinajstić information content (AvgIpc) is 2.98. The molecule has 120 valence electrons. The van der Waals surface area contributed by atoms with Crippen molar-refractivity contribution in [3.8, 4) is 10.6 Å². The first-order valence-electron chi connectivity index (χ1n) is 8.40. The van der Waals surface area contributed by atoms with Crippen molar-refractivity contribution in [1.29, 1.82) is 0 Å². The minimum atomic E-state index is 0.542. The summed E-state index contributed by atoms with van der Waals surface area (Å²) in [5.41, 5.74) is 6.96. The van der Waals surface area contributed by atoms with E-state index in [0.29, 0.717) is 5.92 Å². The van der Waals surface area contributed by atoms with Crippen LogP contribution in [0.5, 0.6) is 0 Å². The number of aromatic nitrogens is 3. The first-order chi connectivity index (χ1) is 11.0. The minimum absolute atomic E-state index is 0.542. The van der Waals surface area contributed by atoms with Gasteiger partial charge in [-0.2, -0.15) is 5.10 Å². The van der Waals surface area contributed by atoms with Crippen molar-refractivity contribution in [3.63, 3.8) is 0 Å². The molecule has 3 aromatic rings. The minimum Gasteiger partial charge on any atom is -0.231 e. The van der Waals surface area contributed by atoms with Gasteiger partial charge in [-0.3, -0.25) is 0 Å². The van der Waals surface area contributed by atoms with E-state index < -0.39 is 0 Å². The van der Waals surface area contributed by atoms with E-state index in [1.54, 1.807) is 0 Å². The van der Waals surface area contributed by atoms with Gasteiger partial charge in [-0.1, -0.05) is 19.9 Å². The first-order valence-corrected chi connectivity index (χ1v) is 9.22. The lowest BCUT2D eigenvalue weighted by Crippen LogP contribution is -2.05. The molecular formula is C18H24BN3S. The molecule has 3 heterocycles. The third-order valence-electron chi connectivity index (χ3n) is 4.59. The van der Waals surface area contributed by atoms with Crippen LogP contribution in [0.15, 0.2) is 12.1 Å². The highest BCUT2D eigenvalue weighted by Crippen LogP contribution is 2.34. The number of aryl methyl sites for hydroxylation is 3. The molecule has 0 saturated carbocycles. The van der Waals surface area contributed by atoms with Crippen molar-refractivity contribution in [2.75, 3.05) is 0 Å². The lowest BCUT2D eigenvalue weighted by Gasteiger charge is -2.14. The fourth-order valence-electron chi connectivity index (χ4n) is 3.44. The Hall–Kier alpha value is -1.62. The van der Waals surface area contributed by atoms with Crippen LogP contribution >= 0.6 is 11.3 Å². The summed E-state index contributed by atoms with van der Waals surface area (Å²) in [7, 11) is 2.16. The maximum Gasteiger partial charge on any atom is 0.158 e. The van der Waals surface area contributed by atoms with Crippen molar-refractivity contribution < 1.29 is 0 Å². The Morgan fingerprint density at radius 2 is 1.87 bits per heavy atom. The van der Waals surface area contributed by atoms with Crippen LogP contribution in [0, 0.1) is 20.8 Å². The number of nitrogens with zero attached hydrogens (tertiary/aromatic N) is 3. The summed E-state index contributed by atoms with van der Waals surface area (Å²) in [6, 6.07) is 4.46. The molecule has 0 saturated heterocycles. The molecule has 0 bridgehead atoms. The molecule has 0 aliphatic heterocycles. The molecule has 0 amide bonds.